The van der Waals surface area contributed by atoms with Gasteiger partial charge in [0.25, 0.3) is 0 Å². The van der Waals surface area contributed by atoms with Crippen LogP contribution in [0.5, 0.6) is 0 Å². The van der Waals surface area contributed by atoms with Crippen LogP contribution in [0.3, 0.4) is 0 Å². The zero-order chi connectivity index (χ0) is 15.4. The molecule has 0 atom stereocenters. The molecule has 0 aromatic rings. The fraction of sp³-hybridized carbons (Fsp3) is 0.867. The fourth-order valence-electron chi connectivity index (χ4n) is 2.04. The number of nitrogens with one attached hydrogen (secondary N) is 1. The predicted octanol–water partition coefficient (Wildman–Crippen LogP) is 3.10. The molecule has 0 spiro atoms. The highest BCUT2D eigenvalue weighted by Crippen LogP contribution is 2.04. The highest BCUT2D eigenvalue weighted by Gasteiger charge is 2.17. The molecule has 5 heteroatoms. The Morgan fingerprint density at radius 2 is 1.70 bits per heavy atom. The minimum absolute atomic E-state index is 0.236. The SMILES string of the molecule is CCCCCCCCNC(=O)N(CC(=O)O)CC(C)C. The number of unbranched alkanes of at least 4 members (excludes halogenated alkanes) is 5. The van der Waals surface area contributed by atoms with Gasteiger partial charge in [0, 0.05) is 13.1 Å². The first-order valence-corrected chi connectivity index (χ1v) is 7.72. The van der Waals surface area contributed by atoms with Crippen LogP contribution in [0.1, 0.15) is 59.3 Å². The number of amides is 2. The Hall–Kier alpha value is -1.26. The predicted molar refractivity (Wildman–Crippen MR) is 80.8 cm³/mol. The van der Waals surface area contributed by atoms with Crippen molar-refractivity contribution in [3.8, 4) is 0 Å². The van der Waals surface area contributed by atoms with Crippen molar-refractivity contribution in [3.63, 3.8) is 0 Å². The van der Waals surface area contributed by atoms with E-state index in [4.69, 9.17) is 5.11 Å². The molecule has 0 heterocycles. The number of carbonyl (C=O) groups is 2. The van der Waals surface area contributed by atoms with Gasteiger partial charge in [-0.3, -0.25) is 4.79 Å². The third kappa shape index (κ3) is 10.6. The maximum Gasteiger partial charge on any atom is 0.323 e. The van der Waals surface area contributed by atoms with Gasteiger partial charge in [-0.05, 0) is 12.3 Å². The van der Waals surface area contributed by atoms with Gasteiger partial charge in [0.1, 0.15) is 6.54 Å². The number of nitrogens with zero attached hydrogens (tertiary/aromatic N) is 1. The number of carboxylic acid groups (broad SMARTS) is 1. The van der Waals surface area contributed by atoms with E-state index in [2.05, 4.69) is 12.2 Å². The zero-order valence-corrected chi connectivity index (χ0v) is 13.2. The Morgan fingerprint density at radius 3 is 2.25 bits per heavy atom. The number of urea groups is 1. The van der Waals surface area contributed by atoms with E-state index < -0.39 is 5.97 Å². The second kappa shape index (κ2) is 11.6. The van der Waals surface area contributed by atoms with Crippen LogP contribution in [0, 0.1) is 5.92 Å². The van der Waals surface area contributed by atoms with Gasteiger partial charge in [-0.15, -0.1) is 0 Å². The van der Waals surface area contributed by atoms with Gasteiger partial charge in [-0.2, -0.15) is 0 Å². The van der Waals surface area contributed by atoms with E-state index in [1.54, 1.807) is 0 Å². The summed E-state index contributed by atoms with van der Waals surface area (Å²) in [6, 6.07) is -0.269. The fourth-order valence-corrected chi connectivity index (χ4v) is 2.04. The van der Waals surface area contributed by atoms with Crippen molar-refractivity contribution in [2.75, 3.05) is 19.6 Å². The summed E-state index contributed by atoms with van der Waals surface area (Å²) in [5.74, 6) is -0.713. The number of aliphatic carboxylic acids is 1. The number of rotatable bonds is 11. The molecule has 5 nitrogen and oxygen atoms in total. The van der Waals surface area contributed by atoms with Crippen molar-refractivity contribution in [1.82, 2.24) is 10.2 Å². The van der Waals surface area contributed by atoms with Gasteiger partial charge in [0.15, 0.2) is 0 Å². The monoisotopic (exact) mass is 286 g/mol. The molecular weight excluding hydrogens is 256 g/mol. The topological polar surface area (TPSA) is 69.6 Å². The minimum Gasteiger partial charge on any atom is -0.480 e. The molecular formula is C15H30N2O3. The lowest BCUT2D eigenvalue weighted by Gasteiger charge is -2.23. The van der Waals surface area contributed by atoms with Crippen LogP contribution in [0.15, 0.2) is 0 Å². The Labute approximate surface area is 122 Å². The Balaban J connectivity index is 3.86. The van der Waals surface area contributed by atoms with Crippen molar-refractivity contribution < 1.29 is 14.7 Å². The van der Waals surface area contributed by atoms with E-state index >= 15 is 0 Å². The standard InChI is InChI=1S/C15H30N2O3/c1-4-5-6-7-8-9-10-16-15(20)17(11-13(2)3)12-14(18)19/h13H,4-12H2,1-3H3,(H,16,20)(H,18,19). The van der Waals surface area contributed by atoms with Crippen LogP contribution >= 0.6 is 0 Å². The molecule has 0 radical (unpaired) electrons. The van der Waals surface area contributed by atoms with E-state index in [0.717, 1.165) is 12.8 Å². The van der Waals surface area contributed by atoms with Gasteiger partial charge >= 0.3 is 12.0 Å². The third-order valence-electron chi connectivity index (χ3n) is 3.01. The molecule has 0 rings (SSSR count). The van der Waals surface area contributed by atoms with Crippen molar-refractivity contribution in [2.45, 2.75) is 59.3 Å². The summed E-state index contributed by atoms with van der Waals surface area (Å²) < 4.78 is 0. The summed E-state index contributed by atoms with van der Waals surface area (Å²) in [6.07, 6.45) is 7.03. The molecule has 0 aliphatic carbocycles. The highest BCUT2D eigenvalue weighted by molar-refractivity contribution is 5.80. The normalized spacial score (nSPS) is 10.6. The van der Waals surface area contributed by atoms with Crippen molar-refractivity contribution in [2.24, 2.45) is 5.92 Å². The molecule has 0 aromatic heterocycles. The molecule has 0 aliphatic rings. The summed E-state index contributed by atoms with van der Waals surface area (Å²) in [4.78, 5) is 24.0. The molecule has 0 bridgehead atoms. The smallest absolute Gasteiger partial charge is 0.323 e. The molecule has 118 valence electrons. The van der Waals surface area contributed by atoms with Gasteiger partial charge in [0.05, 0.1) is 0 Å². The number of carbonyl (C=O) groups excluding carboxylic acids is 1. The largest absolute Gasteiger partial charge is 0.480 e. The first-order valence-electron chi connectivity index (χ1n) is 7.72. The van der Waals surface area contributed by atoms with Crippen LogP contribution in [0.25, 0.3) is 0 Å². The van der Waals surface area contributed by atoms with E-state index in [1.807, 2.05) is 13.8 Å². The van der Waals surface area contributed by atoms with Gasteiger partial charge in [-0.1, -0.05) is 52.9 Å². The molecule has 20 heavy (non-hydrogen) atoms. The minimum atomic E-state index is -0.972. The van der Waals surface area contributed by atoms with Crippen LogP contribution in [-0.2, 0) is 4.79 Å². The summed E-state index contributed by atoms with van der Waals surface area (Å²) in [5.41, 5.74) is 0. The van der Waals surface area contributed by atoms with E-state index in [1.165, 1.54) is 30.6 Å². The van der Waals surface area contributed by atoms with E-state index in [-0.39, 0.29) is 18.5 Å². The molecule has 2 amide bonds. The third-order valence-corrected chi connectivity index (χ3v) is 3.01. The lowest BCUT2D eigenvalue weighted by atomic mass is 10.1. The summed E-state index contributed by atoms with van der Waals surface area (Å²) >= 11 is 0. The molecule has 0 fully saturated rings. The van der Waals surface area contributed by atoms with Crippen LogP contribution in [-0.4, -0.2) is 41.6 Å². The maximum absolute atomic E-state index is 11.9. The average molecular weight is 286 g/mol. The Bertz CT molecular complexity index is 280. The zero-order valence-electron chi connectivity index (χ0n) is 13.2. The molecule has 0 saturated heterocycles. The first-order chi connectivity index (χ1) is 9.47. The van der Waals surface area contributed by atoms with Crippen LogP contribution in [0.4, 0.5) is 4.79 Å². The van der Waals surface area contributed by atoms with Crippen molar-refractivity contribution in [1.29, 1.82) is 0 Å². The number of hydrogen-bond donors (Lipinski definition) is 2. The van der Waals surface area contributed by atoms with Gasteiger partial charge in [-0.25, -0.2) is 4.79 Å². The average Bonchev–Trinajstić information content (AvgIpc) is 2.35. The summed E-state index contributed by atoms with van der Waals surface area (Å²) in [5, 5.41) is 11.6. The lowest BCUT2D eigenvalue weighted by molar-refractivity contribution is -0.137. The summed E-state index contributed by atoms with van der Waals surface area (Å²) in [6.45, 7) is 6.98. The quantitative estimate of drug-likeness (QED) is 0.573. The van der Waals surface area contributed by atoms with Crippen molar-refractivity contribution >= 4 is 12.0 Å². The van der Waals surface area contributed by atoms with Crippen molar-refractivity contribution in [3.05, 3.63) is 0 Å². The molecule has 0 unspecified atom stereocenters. The summed E-state index contributed by atoms with van der Waals surface area (Å²) in [7, 11) is 0. The van der Waals surface area contributed by atoms with Crippen LogP contribution in [0.2, 0.25) is 0 Å². The van der Waals surface area contributed by atoms with Crippen LogP contribution < -0.4 is 5.32 Å². The van der Waals surface area contributed by atoms with E-state index in [9.17, 15) is 9.59 Å². The first kappa shape index (κ1) is 18.7. The maximum atomic E-state index is 11.9. The molecule has 2 N–H and O–H groups in total. The van der Waals surface area contributed by atoms with Gasteiger partial charge in [0.2, 0.25) is 0 Å². The molecule has 0 aliphatic heterocycles. The molecule has 0 aromatic carbocycles. The number of hydrogen-bond acceptors (Lipinski definition) is 2. The Morgan fingerprint density at radius 1 is 1.10 bits per heavy atom. The Kier molecular flexibility index (Phi) is 10.8. The second-order valence-electron chi connectivity index (χ2n) is 5.67. The lowest BCUT2D eigenvalue weighted by Crippen LogP contribution is -2.44. The number of carboxylic acids is 1. The van der Waals surface area contributed by atoms with E-state index in [0.29, 0.717) is 13.1 Å². The highest BCUT2D eigenvalue weighted by atomic mass is 16.4. The second-order valence-corrected chi connectivity index (χ2v) is 5.67. The van der Waals surface area contributed by atoms with Gasteiger partial charge < -0.3 is 15.3 Å². The molecule has 0 saturated carbocycles.